The highest BCUT2D eigenvalue weighted by Gasteiger charge is 2.28. The number of fused-ring (bicyclic) bond motifs is 1. The van der Waals surface area contributed by atoms with Crippen LogP contribution in [0.3, 0.4) is 0 Å². The van der Waals surface area contributed by atoms with Crippen molar-refractivity contribution in [2.45, 2.75) is 32.4 Å². The largest absolute Gasteiger partial charge is 0.392 e. The van der Waals surface area contributed by atoms with Crippen LogP contribution in [-0.2, 0) is 6.42 Å². The first-order valence-corrected chi connectivity index (χ1v) is 6.51. The van der Waals surface area contributed by atoms with E-state index in [0.717, 1.165) is 13.0 Å². The molecule has 0 bridgehead atoms. The van der Waals surface area contributed by atoms with Gasteiger partial charge in [-0.25, -0.2) is 0 Å². The second kappa shape index (κ2) is 4.20. The average Bonchev–Trinajstić information content (AvgIpc) is 2.66. The summed E-state index contributed by atoms with van der Waals surface area (Å²) in [5.74, 6) is 0. The molecule has 0 fully saturated rings. The van der Waals surface area contributed by atoms with E-state index in [0.29, 0.717) is 11.0 Å². The van der Waals surface area contributed by atoms with E-state index in [1.165, 1.54) is 10.4 Å². The summed E-state index contributed by atoms with van der Waals surface area (Å²) in [7, 11) is 0. The summed E-state index contributed by atoms with van der Waals surface area (Å²) in [5, 5.41) is 2.18. The normalized spacial score (nSPS) is 23.5. The summed E-state index contributed by atoms with van der Waals surface area (Å²) in [5.41, 5.74) is 7.17. The molecule has 2 heterocycles. The molecule has 2 rings (SSSR count). The number of thiocarbonyl (C=S) groups is 1. The van der Waals surface area contributed by atoms with Gasteiger partial charge in [0.15, 0.2) is 0 Å². The van der Waals surface area contributed by atoms with Gasteiger partial charge in [-0.1, -0.05) is 12.2 Å². The van der Waals surface area contributed by atoms with Crippen molar-refractivity contribution in [1.29, 1.82) is 0 Å². The van der Waals surface area contributed by atoms with Gasteiger partial charge >= 0.3 is 0 Å². The number of thiophene rings is 1. The van der Waals surface area contributed by atoms with Crippen molar-refractivity contribution in [2.75, 3.05) is 6.54 Å². The molecular formula is C11H16N2S2. The number of rotatable bonds is 2. The van der Waals surface area contributed by atoms with E-state index in [2.05, 4.69) is 30.2 Å². The fourth-order valence-electron chi connectivity index (χ4n) is 2.22. The summed E-state index contributed by atoms with van der Waals surface area (Å²) in [6.45, 7) is 5.39. The lowest BCUT2D eigenvalue weighted by Gasteiger charge is -2.37. The zero-order valence-electron chi connectivity index (χ0n) is 9.06. The van der Waals surface area contributed by atoms with Crippen molar-refractivity contribution in [1.82, 2.24) is 4.90 Å². The van der Waals surface area contributed by atoms with Gasteiger partial charge in [0, 0.05) is 17.5 Å². The van der Waals surface area contributed by atoms with Crippen LogP contribution < -0.4 is 5.73 Å². The molecule has 2 unspecified atom stereocenters. The van der Waals surface area contributed by atoms with Crippen molar-refractivity contribution in [3.05, 3.63) is 21.9 Å². The standard InChI is InChI=1S/C11H16N2S2/c1-7-9-4-6-15-10(9)3-5-13(7)8(2)11(12)14/h4,6-8H,3,5H2,1-2H3,(H2,12,14). The summed E-state index contributed by atoms with van der Waals surface area (Å²) in [4.78, 5) is 4.51. The maximum atomic E-state index is 5.72. The molecule has 1 aromatic rings. The van der Waals surface area contributed by atoms with Crippen LogP contribution in [0.2, 0.25) is 0 Å². The highest BCUT2D eigenvalue weighted by molar-refractivity contribution is 7.80. The molecule has 82 valence electrons. The molecule has 2 atom stereocenters. The Bertz CT molecular complexity index is 372. The molecule has 0 spiro atoms. The van der Waals surface area contributed by atoms with Gasteiger partial charge < -0.3 is 5.73 Å². The van der Waals surface area contributed by atoms with E-state index in [9.17, 15) is 0 Å². The first-order chi connectivity index (χ1) is 7.11. The molecule has 2 N–H and O–H groups in total. The Morgan fingerprint density at radius 3 is 3.13 bits per heavy atom. The Kier molecular flexibility index (Phi) is 3.09. The molecule has 1 aliphatic rings. The lowest BCUT2D eigenvalue weighted by molar-refractivity contribution is 0.182. The molecule has 0 radical (unpaired) electrons. The van der Waals surface area contributed by atoms with E-state index >= 15 is 0 Å². The Balaban J connectivity index is 2.23. The predicted octanol–water partition coefficient (Wildman–Crippen LogP) is 2.34. The van der Waals surface area contributed by atoms with Gasteiger partial charge in [-0.2, -0.15) is 0 Å². The third kappa shape index (κ3) is 1.94. The van der Waals surface area contributed by atoms with Crippen LogP contribution in [0.15, 0.2) is 11.4 Å². The lowest BCUT2D eigenvalue weighted by Crippen LogP contribution is -2.45. The minimum atomic E-state index is 0.197. The van der Waals surface area contributed by atoms with Gasteiger partial charge in [-0.3, -0.25) is 4.90 Å². The van der Waals surface area contributed by atoms with Gasteiger partial charge in [0.2, 0.25) is 0 Å². The lowest BCUT2D eigenvalue weighted by atomic mass is 10.00. The topological polar surface area (TPSA) is 29.3 Å². The summed E-state index contributed by atoms with van der Waals surface area (Å²) in [6, 6.07) is 2.86. The molecule has 2 nitrogen and oxygen atoms in total. The SMILES string of the molecule is CC(C(N)=S)N1CCc2sccc2C1C. The zero-order chi connectivity index (χ0) is 11.0. The fourth-order valence-corrected chi connectivity index (χ4v) is 3.32. The van der Waals surface area contributed by atoms with Gasteiger partial charge in [0.05, 0.1) is 11.0 Å². The molecular weight excluding hydrogens is 224 g/mol. The third-order valence-electron chi connectivity index (χ3n) is 3.23. The second-order valence-electron chi connectivity index (χ2n) is 4.04. The van der Waals surface area contributed by atoms with E-state index in [-0.39, 0.29) is 6.04 Å². The average molecular weight is 240 g/mol. The maximum Gasteiger partial charge on any atom is 0.0899 e. The summed E-state index contributed by atoms with van der Waals surface area (Å²) in [6.07, 6.45) is 1.13. The maximum absolute atomic E-state index is 5.72. The van der Waals surface area contributed by atoms with Gasteiger partial charge in [-0.05, 0) is 37.3 Å². The van der Waals surface area contributed by atoms with Crippen molar-refractivity contribution < 1.29 is 0 Å². The van der Waals surface area contributed by atoms with Crippen LogP contribution in [-0.4, -0.2) is 22.5 Å². The van der Waals surface area contributed by atoms with Crippen LogP contribution in [0.25, 0.3) is 0 Å². The quantitative estimate of drug-likeness (QED) is 0.805. The molecule has 0 aromatic carbocycles. The molecule has 1 aromatic heterocycles. The highest BCUT2D eigenvalue weighted by atomic mass is 32.1. The van der Waals surface area contributed by atoms with E-state index < -0.39 is 0 Å². The van der Waals surface area contributed by atoms with E-state index in [4.69, 9.17) is 18.0 Å². The molecule has 15 heavy (non-hydrogen) atoms. The zero-order valence-corrected chi connectivity index (χ0v) is 10.7. The Labute approximate surface area is 100 Å². The fraction of sp³-hybridized carbons (Fsp3) is 0.545. The minimum absolute atomic E-state index is 0.197. The van der Waals surface area contributed by atoms with Crippen molar-refractivity contribution in [3.8, 4) is 0 Å². The van der Waals surface area contributed by atoms with Crippen molar-refractivity contribution in [3.63, 3.8) is 0 Å². The second-order valence-corrected chi connectivity index (χ2v) is 5.51. The van der Waals surface area contributed by atoms with Crippen LogP contribution in [0.4, 0.5) is 0 Å². The summed E-state index contributed by atoms with van der Waals surface area (Å²) >= 11 is 6.93. The first-order valence-electron chi connectivity index (χ1n) is 5.22. The molecule has 0 amide bonds. The van der Waals surface area contributed by atoms with Crippen LogP contribution in [0, 0.1) is 0 Å². The van der Waals surface area contributed by atoms with Gasteiger partial charge in [0.25, 0.3) is 0 Å². The molecule has 0 saturated carbocycles. The van der Waals surface area contributed by atoms with Crippen LogP contribution in [0.1, 0.15) is 30.3 Å². The third-order valence-corrected chi connectivity index (χ3v) is 4.57. The molecule has 1 aliphatic heterocycles. The monoisotopic (exact) mass is 240 g/mol. The number of nitrogens with zero attached hydrogens (tertiary/aromatic N) is 1. The predicted molar refractivity (Wildman–Crippen MR) is 69.4 cm³/mol. The Morgan fingerprint density at radius 2 is 2.47 bits per heavy atom. The van der Waals surface area contributed by atoms with Gasteiger partial charge in [-0.15, -0.1) is 11.3 Å². The highest BCUT2D eigenvalue weighted by Crippen LogP contribution is 2.33. The van der Waals surface area contributed by atoms with E-state index in [1.54, 1.807) is 0 Å². The van der Waals surface area contributed by atoms with Crippen molar-refractivity contribution >= 4 is 28.5 Å². The molecule has 4 heteroatoms. The van der Waals surface area contributed by atoms with Crippen molar-refractivity contribution in [2.24, 2.45) is 5.73 Å². The Hall–Kier alpha value is -0.450. The first kappa shape index (κ1) is 11.0. The number of hydrogen-bond donors (Lipinski definition) is 1. The molecule has 0 aliphatic carbocycles. The summed E-state index contributed by atoms with van der Waals surface area (Å²) < 4.78 is 0. The van der Waals surface area contributed by atoms with Crippen LogP contribution in [0.5, 0.6) is 0 Å². The van der Waals surface area contributed by atoms with Gasteiger partial charge in [0.1, 0.15) is 0 Å². The van der Waals surface area contributed by atoms with Crippen LogP contribution >= 0.6 is 23.6 Å². The number of hydrogen-bond acceptors (Lipinski definition) is 3. The Morgan fingerprint density at radius 1 is 1.73 bits per heavy atom. The molecule has 0 saturated heterocycles. The van der Waals surface area contributed by atoms with E-state index in [1.807, 2.05) is 11.3 Å². The minimum Gasteiger partial charge on any atom is -0.392 e. The smallest absolute Gasteiger partial charge is 0.0899 e. The number of nitrogens with two attached hydrogens (primary N) is 1.